The van der Waals surface area contributed by atoms with Gasteiger partial charge in [-0.05, 0) is 12.1 Å². The van der Waals surface area contributed by atoms with Gasteiger partial charge in [-0.15, -0.1) is 0 Å². The highest BCUT2D eigenvalue weighted by Gasteiger charge is 2.10. The molecular weight excluding hydrogens is 222 g/mol. The van der Waals surface area contributed by atoms with E-state index < -0.39 is 0 Å². The standard InChI is InChI=1S/C16H10NO/c1-3-7-13-12(6-1)10-18-16(13)15-9-11-5-2-4-8-14(11)17-15/h1-9,17H. The number of hydrogen-bond donors (Lipinski definition) is 1. The molecule has 4 rings (SSSR count). The number of furan rings is 1. The molecule has 85 valence electrons. The highest BCUT2D eigenvalue weighted by molar-refractivity contribution is 5.96. The average Bonchev–Trinajstić information content (AvgIpc) is 3.02. The van der Waals surface area contributed by atoms with E-state index >= 15 is 0 Å². The van der Waals surface area contributed by atoms with Crippen LogP contribution in [-0.2, 0) is 0 Å². The Morgan fingerprint density at radius 2 is 1.78 bits per heavy atom. The van der Waals surface area contributed by atoms with Crippen LogP contribution >= 0.6 is 0 Å². The van der Waals surface area contributed by atoms with Gasteiger partial charge in [-0.25, -0.2) is 0 Å². The quantitative estimate of drug-likeness (QED) is 0.518. The summed E-state index contributed by atoms with van der Waals surface area (Å²) in [5.74, 6) is 0.849. The van der Waals surface area contributed by atoms with Crippen LogP contribution in [-0.4, -0.2) is 4.98 Å². The lowest BCUT2D eigenvalue weighted by Crippen LogP contribution is -1.73. The number of benzene rings is 2. The zero-order valence-corrected chi connectivity index (χ0v) is 9.60. The molecule has 4 aromatic rings. The van der Waals surface area contributed by atoms with Crippen molar-refractivity contribution in [3.8, 4) is 11.5 Å². The molecule has 2 heteroatoms. The lowest BCUT2D eigenvalue weighted by molar-refractivity contribution is 0.576. The van der Waals surface area contributed by atoms with Gasteiger partial charge in [0.05, 0.1) is 5.69 Å². The van der Waals surface area contributed by atoms with Crippen molar-refractivity contribution in [1.82, 2.24) is 4.98 Å². The molecule has 18 heavy (non-hydrogen) atoms. The second-order valence-corrected chi connectivity index (χ2v) is 4.35. The average molecular weight is 232 g/mol. The van der Waals surface area contributed by atoms with Gasteiger partial charge in [-0.1, -0.05) is 42.5 Å². The van der Waals surface area contributed by atoms with Crippen LogP contribution in [0.1, 0.15) is 0 Å². The molecule has 0 aliphatic carbocycles. The van der Waals surface area contributed by atoms with E-state index in [0.717, 1.165) is 27.7 Å². The molecule has 2 nitrogen and oxygen atoms in total. The summed E-state index contributed by atoms with van der Waals surface area (Å²) in [4.78, 5) is 3.38. The van der Waals surface area contributed by atoms with Gasteiger partial charge in [0.15, 0.2) is 12.0 Å². The van der Waals surface area contributed by atoms with Crippen molar-refractivity contribution in [2.75, 3.05) is 0 Å². The molecule has 0 spiro atoms. The molecule has 2 heterocycles. The molecule has 0 aliphatic rings. The molecular formula is C16H10NO. The first kappa shape index (κ1) is 9.54. The Balaban J connectivity index is 2.01. The largest absolute Gasteiger partial charge is 0.450 e. The Morgan fingerprint density at radius 3 is 2.72 bits per heavy atom. The number of fused-ring (bicyclic) bond motifs is 2. The Labute approximate surface area is 104 Å². The van der Waals surface area contributed by atoms with Gasteiger partial charge in [-0.3, -0.25) is 0 Å². The Bertz CT molecular complexity index is 805. The maximum Gasteiger partial charge on any atom is 0.178 e. The smallest absolute Gasteiger partial charge is 0.178 e. The molecule has 0 amide bonds. The number of nitrogens with one attached hydrogen (secondary N) is 1. The first-order valence-electron chi connectivity index (χ1n) is 5.89. The van der Waals surface area contributed by atoms with Crippen molar-refractivity contribution in [2.24, 2.45) is 0 Å². The Kier molecular flexibility index (Phi) is 1.86. The lowest BCUT2D eigenvalue weighted by atomic mass is 10.1. The summed E-state index contributed by atoms with van der Waals surface area (Å²) in [6.07, 6.45) is 2.94. The summed E-state index contributed by atoms with van der Waals surface area (Å²) in [5.41, 5.74) is 2.11. The molecule has 0 saturated carbocycles. The van der Waals surface area contributed by atoms with Crippen molar-refractivity contribution in [2.45, 2.75) is 0 Å². The van der Waals surface area contributed by atoms with Crippen LogP contribution in [0.5, 0.6) is 0 Å². The van der Waals surface area contributed by atoms with Gasteiger partial charge in [0, 0.05) is 21.7 Å². The van der Waals surface area contributed by atoms with Gasteiger partial charge in [0.2, 0.25) is 0 Å². The number of hydrogen-bond acceptors (Lipinski definition) is 1. The molecule has 2 aromatic heterocycles. The summed E-state index contributed by atoms with van der Waals surface area (Å²) in [5, 5.41) is 3.28. The van der Waals surface area contributed by atoms with E-state index in [9.17, 15) is 0 Å². The van der Waals surface area contributed by atoms with E-state index in [1.807, 2.05) is 30.3 Å². The SMILES string of the molecule is [c]1oc(-c2cc3ccccc3[nH]2)c2ccccc12. The maximum absolute atomic E-state index is 5.57. The van der Waals surface area contributed by atoms with E-state index in [-0.39, 0.29) is 0 Å². The highest BCUT2D eigenvalue weighted by atomic mass is 16.3. The Morgan fingerprint density at radius 1 is 0.944 bits per heavy atom. The fourth-order valence-electron chi connectivity index (χ4n) is 2.33. The molecule has 0 fully saturated rings. The van der Waals surface area contributed by atoms with Gasteiger partial charge < -0.3 is 9.40 Å². The van der Waals surface area contributed by atoms with E-state index in [1.54, 1.807) is 0 Å². The molecule has 0 bridgehead atoms. The summed E-state index contributed by atoms with van der Waals surface area (Å²) in [7, 11) is 0. The monoisotopic (exact) mass is 232 g/mol. The van der Waals surface area contributed by atoms with Crippen molar-refractivity contribution in [3.05, 3.63) is 60.9 Å². The predicted molar refractivity (Wildman–Crippen MR) is 72.3 cm³/mol. The number of H-pyrrole nitrogens is 1. The van der Waals surface area contributed by atoms with Crippen LogP contribution in [0.2, 0.25) is 0 Å². The first-order chi connectivity index (χ1) is 8.92. The third kappa shape index (κ3) is 1.29. The maximum atomic E-state index is 5.57. The first-order valence-corrected chi connectivity index (χ1v) is 5.89. The molecule has 2 aromatic carbocycles. The second kappa shape index (κ2) is 3.50. The fraction of sp³-hybridized carbons (Fsp3) is 0. The summed E-state index contributed by atoms with van der Waals surface area (Å²) in [6, 6.07) is 18.4. The summed E-state index contributed by atoms with van der Waals surface area (Å²) >= 11 is 0. The van der Waals surface area contributed by atoms with Gasteiger partial charge in [-0.2, -0.15) is 0 Å². The number of para-hydroxylation sites is 1. The van der Waals surface area contributed by atoms with Crippen molar-refractivity contribution < 1.29 is 4.42 Å². The molecule has 1 radical (unpaired) electrons. The van der Waals surface area contributed by atoms with Crippen molar-refractivity contribution in [3.63, 3.8) is 0 Å². The molecule has 0 saturated heterocycles. The minimum absolute atomic E-state index is 0.849. The topological polar surface area (TPSA) is 28.9 Å². The third-order valence-electron chi connectivity index (χ3n) is 3.21. The van der Waals surface area contributed by atoms with E-state index in [1.165, 1.54) is 5.39 Å². The Hall–Kier alpha value is -2.48. The molecule has 0 atom stereocenters. The predicted octanol–water partition coefficient (Wildman–Crippen LogP) is 4.38. The number of aromatic amines is 1. The van der Waals surface area contributed by atoms with Crippen LogP contribution in [0, 0.1) is 6.26 Å². The lowest BCUT2D eigenvalue weighted by Gasteiger charge is -1.92. The van der Waals surface area contributed by atoms with Gasteiger partial charge >= 0.3 is 0 Å². The number of aromatic nitrogens is 1. The fourth-order valence-corrected chi connectivity index (χ4v) is 2.33. The van der Waals surface area contributed by atoms with Crippen LogP contribution in [0.25, 0.3) is 33.1 Å². The van der Waals surface area contributed by atoms with Crippen molar-refractivity contribution in [1.29, 1.82) is 0 Å². The number of rotatable bonds is 1. The third-order valence-corrected chi connectivity index (χ3v) is 3.21. The normalized spacial score (nSPS) is 11.3. The zero-order valence-electron chi connectivity index (χ0n) is 9.60. The zero-order chi connectivity index (χ0) is 11.9. The molecule has 1 N–H and O–H groups in total. The molecule has 0 aliphatic heterocycles. The van der Waals surface area contributed by atoms with Crippen molar-refractivity contribution >= 4 is 21.7 Å². The van der Waals surface area contributed by atoms with Crippen LogP contribution in [0.4, 0.5) is 0 Å². The summed E-state index contributed by atoms with van der Waals surface area (Å²) in [6.45, 7) is 0. The minimum atomic E-state index is 0.849. The van der Waals surface area contributed by atoms with Crippen LogP contribution in [0.15, 0.2) is 59.0 Å². The van der Waals surface area contributed by atoms with E-state index in [4.69, 9.17) is 4.42 Å². The highest BCUT2D eigenvalue weighted by Crippen LogP contribution is 2.31. The van der Waals surface area contributed by atoms with Gasteiger partial charge in [0.1, 0.15) is 0 Å². The van der Waals surface area contributed by atoms with E-state index in [2.05, 4.69) is 35.5 Å². The minimum Gasteiger partial charge on any atom is -0.450 e. The van der Waals surface area contributed by atoms with Gasteiger partial charge in [0.25, 0.3) is 0 Å². The van der Waals surface area contributed by atoms with Crippen LogP contribution in [0.3, 0.4) is 0 Å². The molecule has 0 unspecified atom stereocenters. The van der Waals surface area contributed by atoms with Crippen LogP contribution < -0.4 is 0 Å². The summed E-state index contributed by atoms with van der Waals surface area (Å²) < 4.78 is 5.57. The second-order valence-electron chi connectivity index (χ2n) is 4.35. The van der Waals surface area contributed by atoms with E-state index in [0.29, 0.717) is 0 Å².